The van der Waals surface area contributed by atoms with Crippen molar-refractivity contribution in [2.24, 2.45) is 0 Å². The Kier molecular flexibility index (Phi) is 2.80. The smallest absolute Gasteiger partial charge is 0.405 e. The lowest BCUT2D eigenvalue weighted by atomic mass is 9.89. The molecule has 1 aliphatic heterocycles. The van der Waals surface area contributed by atoms with Gasteiger partial charge in [-0.25, -0.2) is 0 Å². The maximum Gasteiger partial charge on any atom is 0.486 e. The topological polar surface area (TPSA) is 18.5 Å². The largest absolute Gasteiger partial charge is 0.486 e. The van der Waals surface area contributed by atoms with Crippen molar-refractivity contribution in [1.82, 2.24) is 0 Å². The average molecular weight is 174 g/mol. The quantitative estimate of drug-likeness (QED) is 0.636. The second-order valence-electron chi connectivity index (χ2n) is 2.88. The molecule has 0 atom stereocenters. The zero-order chi connectivity index (χ0) is 8.93. The molecule has 0 unspecified atom stereocenters. The molecule has 1 aromatic carbocycles. The Labute approximate surface area is 78.3 Å². The molecule has 0 amide bonds. The van der Waals surface area contributed by atoms with E-state index >= 15 is 0 Å². The molecule has 66 valence electrons. The number of rotatable bonds is 2. The summed E-state index contributed by atoms with van der Waals surface area (Å²) in [4.78, 5) is 0. The van der Waals surface area contributed by atoms with E-state index in [0.717, 1.165) is 0 Å². The van der Waals surface area contributed by atoms with E-state index in [1.165, 1.54) is 5.56 Å². The molecule has 3 heteroatoms. The van der Waals surface area contributed by atoms with Gasteiger partial charge in [0.05, 0.1) is 13.2 Å². The SMILES string of the molecule is C(=Cc1ccccc1)B1OCCO1. The zero-order valence-electron chi connectivity index (χ0n) is 7.35. The van der Waals surface area contributed by atoms with Crippen LogP contribution in [0.25, 0.3) is 6.08 Å². The second kappa shape index (κ2) is 4.26. The first-order valence-electron chi connectivity index (χ1n) is 4.41. The first kappa shape index (κ1) is 8.54. The van der Waals surface area contributed by atoms with Gasteiger partial charge in [-0.1, -0.05) is 42.4 Å². The predicted molar refractivity (Wildman–Crippen MR) is 53.1 cm³/mol. The predicted octanol–water partition coefficient (Wildman–Crippen LogP) is 1.77. The highest BCUT2D eigenvalue weighted by atomic mass is 16.6. The Morgan fingerprint density at radius 2 is 1.77 bits per heavy atom. The summed E-state index contributed by atoms with van der Waals surface area (Å²) in [6, 6.07) is 10.1. The van der Waals surface area contributed by atoms with Crippen LogP contribution in [0.15, 0.2) is 36.3 Å². The summed E-state index contributed by atoms with van der Waals surface area (Å²) in [5, 5.41) is 0. The molecular weight excluding hydrogens is 163 g/mol. The number of hydrogen-bond acceptors (Lipinski definition) is 2. The Morgan fingerprint density at radius 1 is 1.08 bits per heavy atom. The summed E-state index contributed by atoms with van der Waals surface area (Å²) >= 11 is 0. The van der Waals surface area contributed by atoms with Gasteiger partial charge in [0.25, 0.3) is 0 Å². The van der Waals surface area contributed by atoms with Crippen LogP contribution in [0.2, 0.25) is 0 Å². The summed E-state index contributed by atoms with van der Waals surface area (Å²) in [7, 11) is -0.153. The maximum atomic E-state index is 5.27. The number of hydrogen-bond donors (Lipinski definition) is 0. The van der Waals surface area contributed by atoms with E-state index in [1.54, 1.807) is 0 Å². The van der Waals surface area contributed by atoms with Gasteiger partial charge in [-0.2, -0.15) is 0 Å². The van der Waals surface area contributed by atoms with Crippen LogP contribution < -0.4 is 0 Å². The van der Waals surface area contributed by atoms with E-state index in [4.69, 9.17) is 9.31 Å². The molecular formula is C10H11BO2. The summed E-state index contributed by atoms with van der Waals surface area (Å²) in [5.74, 6) is 1.93. The highest BCUT2D eigenvalue weighted by Crippen LogP contribution is 2.05. The molecule has 1 aliphatic rings. The highest BCUT2D eigenvalue weighted by Gasteiger charge is 2.19. The van der Waals surface area contributed by atoms with E-state index in [0.29, 0.717) is 13.2 Å². The molecule has 1 saturated heterocycles. The fourth-order valence-corrected chi connectivity index (χ4v) is 1.24. The van der Waals surface area contributed by atoms with E-state index < -0.39 is 0 Å². The van der Waals surface area contributed by atoms with Crippen molar-refractivity contribution in [2.45, 2.75) is 0 Å². The third-order valence-corrected chi connectivity index (χ3v) is 1.89. The average Bonchev–Trinajstić information content (AvgIpc) is 2.69. The van der Waals surface area contributed by atoms with Crippen LogP contribution >= 0.6 is 0 Å². The van der Waals surface area contributed by atoms with Gasteiger partial charge >= 0.3 is 7.12 Å². The molecule has 1 heterocycles. The minimum Gasteiger partial charge on any atom is -0.405 e. The molecule has 0 bridgehead atoms. The van der Waals surface area contributed by atoms with Gasteiger partial charge in [-0.15, -0.1) is 0 Å². The minimum absolute atomic E-state index is 0.153. The Hall–Kier alpha value is -1.06. The minimum atomic E-state index is -0.153. The van der Waals surface area contributed by atoms with Crippen LogP contribution in [0.3, 0.4) is 0 Å². The maximum absolute atomic E-state index is 5.27. The third kappa shape index (κ3) is 2.44. The van der Waals surface area contributed by atoms with Crippen molar-refractivity contribution >= 4 is 13.2 Å². The molecule has 0 spiro atoms. The zero-order valence-corrected chi connectivity index (χ0v) is 7.35. The molecule has 1 aromatic rings. The highest BCUT2D eigenvalue weighted by molar-refractivity contribution is 6.52. The Bertz CT molecular complexity index is 278. The first-order chi connectivity index (χ1) is 6.45. The van der Waals surface area contributed by atoms with Gasteiger partial charge in [0, 0.05) is 0 Å². The van der Waals surface area contributed by atoms with Crippen LogP contribution in [-0.2, 0) is 9.31 Å². The van der Waals surface area contributed by atoms with Gasteiger partial charge in [0.2, 0.25) is 0 Å². The normalized spacial score (nSPS) is 17.1. The van der Waals surface area contributed by atoms with Crippen LogP contribution in [0.1, 0.15) is 5.56 Å². The lowest BCUT2D eigenvalue weighted by Crippen LogP contribution is -2.09. The van der Waals surface area contributed by atoms with Crippen LogP contribution in [0.4, 0.5) is 0 Å². The molecule has 0 radical (unpaired) electrons. The van der Waals surface area contributed by atoms with Gasteiger partial charge in [0.1, 0.15) is 0 Å². The lowest BCUT2D eigenvalue weighted by molar-refractivity contribution is 0.365. The molecule has 0 saturated carbocycles. The third-order valence-electron chi connectivity index (χ3n) is 1.89. The Balaban J connectivity index is 1.97. The molecule has 2 nitrogen and oxygen atoms in total. The fraction of sp³-hybridized carbons (Fsp3) is 0.200. The standard InChI is InChI=1S/C10H11BO2/c1-2-4-10(5-3-1)6-7-11-12-8-9-13-11/h1-7H,8-9H2. The van der Waals surface area contributed by atoms with Crippen molar-refractivity contribution in [1.29, 1.82) is 0 Å². The monoisotopic (exact) mass is 174 g/mol. The second-order valence-corrected chi connectivity index (χ2v) is 2.88. The summed E-state index contributed by atoms with van der Waals surface area (Å²) < 4.78 is 10.5. The van der Waals surface area contributed by atoms with Gasteiger partial charge in [0.15, 0.2) is 0 Å². The molecule has 0 aliphatic carbocycles. The van der Waals surface area contributed by atoms with Crippen molar-refractivity contribution < 1.29 is 9.31 Å². The number of benzene rings is 1. The summed E-state index contributed by atoms with van der Waals surface area (Å²) in [6.45, 7) is 1.40. The molecule has 0 N–H and O–H groups in total. The van der Waals surface area contributed by atoms with E-state index in [9.17, 15) is 0 Å². The van der Waals surface area contributed by atoms with E-state index in [1.807, 2.05) is 42.4 Å². The van der Waals surface area contributed by atoms with Gasteiger partial charge < -0.3 is 9.31 Å². The molecule has 0 aromatic heterocycles. The van der Waals surface area contributed by atoms with Gasteiger partial charge in [-0.3, -0.25) is 0 Å². The van der Waals surface area contributed by atoms with Crippen molar-refractivity contribution in [3.05, 3.63) is 41.9 Å². The van der Waals surface area contributed by atoms with Crippen LogP contribution in [-0.4, -0.2) is 20.3 Å². The van der Waals surface area contributed by atoms with Crippen LogP contribution in [0, 0.1) is 0 Å². The fourth-order valence-electron chi connectivity index (χ4n) is 1.24. The van der Waals surface area contributed by atoms with Gasteiger partial charge in [-0.05, 0) is 5.56 Å². The Morgan fingerprint density at radius 3 is 2.46 bits per heavy atom. The van der Waals surface area contributed by atoms with Crippen molar-refractivity contribution in [2.75, 3.05) is 13.2 Å². The van der Waals surface area contributed by atoms with E-state index in [2.05, 4.69) is 0 Å². The molecule has 2 rings (SSSR count). The summed E-state index contributed by atoms with van der Waals surface area (Å²) in [6.07, 6.45) is 2.01. The van der Waals surface area contributed by atoms with Crippen LogP contribution in [0.5, 0.6) is 0 Å². The molecule has 13 heavy (non-hydrogen) atoms. The first-order valence-corrected chi connectivity index (χ1v) is 4.41. The van der Waals surface area contributed by atoms with E-state index in [-0.39, 0.29) is 7.12 Å². The lowest BCUT2D eigenvalue weighted by Gasteiger charge is -1.95. The molecule has 1 fully saturated rings. The van der Waals surface area contributed by atoms with Crippen molar-refractivity contribution in [3.63, 3.8) is 0 Å². The van der Waals surface area contributed by atoms with Crippen molar-refractivity contribution in [3.8, 4) is 0 Å². The summed E-state index contributed by atoms with van der Waals surface area (Å²) in [5.41, 5.74) is 1.17.